The molecule has 0 aliphatic heterocycles. The van der Waals surface area contributed by atoms with E-state index in [-0.39, 0.29) is 11.6 Å². The number of hydrogen-bond acceptors (Lipinski definition) is 3. The van der Waals surface area contributed by atoms with Gasteiger partial charge in [0.25, 0.3) is 5.92 Å². The molecule has 3 nitrogen and oxygen atoms in total. The van der Waals surface area contributed by atoms with E-state index in [1.54, 1.807) is 19.9 Å². The quantitative estimate of drug-likeness (QED) is 0.820. The van der Waals surface area contributed by atoms with Gasteiger partial charge in [0.1, 0.15) is 11.4 Å². The first kappa shape index (κ1) is 18.4. The molecule has 0 fully saturated rings. The summed E-state index contributed by atoms with van der Waals surface area (Å²) >= 11 is -1.29. The molecule has 0 aliphatic rings. The molecule has 120 valence electrons. The number of benzene rings is 1. The zero-order valence-electron chi connectivity index (χ0n) is 13.0. The van der Waals surface area contributed by atoms with Crippen molar-refractivity contribution in [3.63, 3.8) is 0 Å². The van der Waals surface area contributed by atoms with Crippen LogP contribution in [0.5, 0.6) is 0 Å². The highest BCUT2D eigenvalue weighted by atomic mass is 32.2. The van der Waals surface area contributed by atoms with Crippen molar-refractivity contribution in [2.45, 2.75) is 51.3 Å². The standard InChI is InChI=1S/C15H23F2NO2S/c1-10-12(11(2)18-21(20)14(3,4)5)7-6-8-13(10)15(16,17)9-19/h6-8,11,18-19H,9H2,1-5H3. The molecule has 21 heavy (non-hydrogen) atoms. The minimum absolute atomic E-state index is 0.197. The van der Waals surface area contributed by atoms with Crippen LogP contribution < -0.4 is 4.72 Å². The first-order valence-electron chi connectivity index (χ1n) is 6.77. The van der Waals surface area contributed by atoms with E-state index >= 15 is 0 Å². The summed E-state index contributed by atoms with van der Waals surface area (Å²) in [7, 11) is 0. The van der Waals surface area contributed by atoms with Gasteiger partial charge >= 0.3 is 0 Å². The molecule has 0 aromatic heterocycles. The molecule has 0 radical (unpaired) electrons. The second-order valence-electron chi connectivity index (χ2n) is 6.10. The number of alkyl halides is 2. The van der Waals surface area contributed by atoms with Crippen LogP contribution in [0.4, 0.5) is 8.78 Å². The van der Waals surface area contributed by atoms with Crippen molar-refractivity contribution in [2.24, 2.45) is 0 Å². The van der Waals surface area contributed by atoms with E-state index < -0.39 is 28.6 Å². The number of aliphatic hydroxyl groups is 1. The summed E-state index contributed by atoms with van der Waals surface area (Å²) in [6.45, 7) is 7.66. The van der Waals surface area contributed by atoms with Crippen LogP contribution in [0.3, 0.4) is 0 Å². The lowest BCUT2D eigenvalue weighted by Gasteiger charge is -2.28. The van der Waals surface area contributed by atoms with Crippen LogP contribution in [0.25, 0.3) is 0 Å². The van der Waals surface area contributed by atoms with E-state index in [1.165, 1.54) is 12.1 Å². The molecular weight excluding hydrogens is 296 g/mol. The average molecular weight is 319 g/mol. The lowest BCUT2D eigenvalue weighted by atomic mass is 9.95. The highest BCUT2D eigenvalue weighted by Crippen LogP contribution is 2.33. The van der Waals surface area contributed by atoms with Gasteiger partial charge in [0.15, 0.2) is 0 Å². The first-order chi connectivity index (χ1) is 9.50. The molecule has 0 saturated heterocycles. The summed E-state index contributed by atoms with van der Waals surface area (Å²) in [6, 6.07) is 4.23. The summed E-state index contributed by atoms with van der Waals surface area (Å²) in [5.41, 5.74) is 0.860. The minimum atomic E-state index is -3.27. The van der Waals surface area contributed by atoms with Gasteiger partial charge in [0, 0.05) is 16.9 Å². The smallest absolute Gasteiger partial charge is 0.296 e. The first-order valence-corrected chi connectivity index (χ1v) is 7.92. The van der Waals surface area contributed by atoms with Crippen LogP contribution in [0, 0.1) is 6.92 Å². The monoisotopic (exact) mass is 319 g/mol. The topological polar surface area (TPSA) is 55.3 Å². The molecule has 2 unspecified atom stereocenters. The van der Waals surface area contributed by atoms with E-state index in [1.807, 2.05) is 20.8 Å². The Morgan fingerprint density at radius 1 is 1.33 bits per heavy atom. The second-order valence-corrected chi connectivity index (χ2v) is 8.10. The molecule has 1 rings (SSSR count). The summed E-state index contributed by atoms with van der Waals surface area (Å²) in [5.74, 6) is -3.27. The summed E-state index contributed by atoms with van der Waals surface area (Å²) in [4.78, 5) is 0. The molecule has 1 aromatic rings. The molecule has 0 amide bonds. The Kier molecular flexibility index (Phi) is 5.77. The van der Waals surface area contributed by atoms with Crippen LogP contribution in [-0.4, -0.2) is 21.0 Å². The Bertz CT molecular complexity index is 489. The fourth-order valence-electron chi connectivity index (χ4n) is 2.00. The highest BCUT2D eigenvalue weighted by Gasteiger charge is 2.34. The predicted octanol–water partition coefficient (Wildman–Crippen LogP) is 3.19. The third kappa shape index (κ3) is 4.39. The van der Waals surface area contributed by atoms with Crippen LogP contribution in [0.15, 0.2) is 18.2 Å². The normalized spacial score (nSPS) is 15.9. The van der Waals surface area contributed by atoms with Crippen molar-refractivity contribution in [2.75, 3.05) is 6.61 Å². The zero-order chi connectivity index (χ0) is 16.4. The van der Waals surface area contributed by atoms with Gasteiger partial charge in [0.2, 0.25) is 0 Å². The van der Waals surface area contributed by atoms with E-state index in [4.69, 9.17) is 5.11 Å². The number of hydrogen-bond donors (Lipinski definition) is 2. The van der Waals surface area contributed by atoms with Crippen molar-refractivity contribution in [1.82, 2.24) is 4.72 Å². The van der Waals surface area contributed by atoms with Crippen LogP contribution in [-0.2, 0) is 17.3 Å². The average Bonchev–Trinajstić information content (AvgIpc) is 2.37. The van der Waals surface area contributed by atoms with Gasteiger partial charge in [-0.05, 0) is 45.7 Å². The summed E-state index contributed by atoms with van der Waals surface area (Å²) in [5, 5.41) is 8.84. The maximum atomic E-state index is 13.7. The predicted molar refractivity (Wildman–Crippen MR) is 81.6 cm³/mol. The molecule has 2 N–H and O–H groups in total. The van der Waals surface area contributed by atoms with Crippen molar-refractivity contribution in [3.05, 3.63) is 34.9 Å². The summed E-state index contributed by atoms with van der Waals surface area (Å²) < 4.78 is 42.0. The van der Waals surface area contributed by atoms with Gasteiger partial charge in [0.05, 0.1) is 6.04 Å². The van der Waals surface area contributed by atoms with E-state index in [0.29, 0.717) is 11.1 Å². The Balaban J connectivity index is 3.07. The van der Waals surface area contributed by atoms with Crippen LogP contribution in [0.2, 0.25) is 0 Å². The van der Waals surface area contributed by atoms with Crippen molar-refractivity contribution in [1.29, 1.82) is 0 Å². The third-order valence-corrected chi connectivity index (χ3v) is 4.95. The molecule has 0 aliphatic carbocycles. The number of rotatable bonds is 5. The van der Waals surface area contributed by atoms with Gasteiger partial charge in [-0.2, -0.15) is 8.78 Å². The Morgan fingerprint density at radius 2 is 1.90 bits per heavy atom. The molecule has 0 spiro atoms. The second kappa shape index (κ2) is 6.60. The van der Waals surface area contributed by atoms with Gasteiger partial charge < -0.3 is 9.66 Å². The SMILES string of the molecule is Cc1c(C(C)N[S+]([O-])C(C)(C)C)cccc1C(F)(F)CO. The fourth-order valence-corrected chi connectivity index (χ4v) is 2.81. The molecule has 0 saturated carbocycles. The van der Waals surface area contributed by atoms with Gasteiger partial charge in [-0.1, -0.05) is 18.2 Å². The molecule has 0 heterocycles. The number of aliphatic hydroxyl groups excluding tert-OH is 1. The van der Waals surface area contributed by atoms with Crippen LogP contribution in [0.1, 0.15) is 50.4 Å². The van der Waals surface area contributed by atoms with Gasteiger partial charge in [-0.3, -0.25) is 0 Å². The van der Waals surface area contributed by atoms with E-state index in [0.717, 1.165) is 0 Å². The van der Waals surface area contributed by atoms with E-state index in [9.17, 15) is 13.3 Å². The summed E-state index contributed by atoms with van der Waals surface area (Å²) in [6.07, 6.45) is 0. The van der Waals surface area contributed by atoms with Gasteiger partial charge in [-0.15, -0.1) is 4.72 Å². The van der Waals surface area contributed by atoms with Crippen molar-refractivity contribution >= 4 is 11.4 Å². The maximum Gasteiger partial charge on any atom is 0.296 e. The highest BCUT2D eigenvalue weighted by molar-refractivity contribution is 7.90. The van der Waals surface area contributed by atoms with Gasteiger partial charge in [-0.25, -0.2) is 0 Å². The van der Waals surface area contributed by atoms with Crippen LogP contribution >= 0.6 is 0 Å². The Hall–Kier alpha value is -0.690. The minimum Gasteiger partial charge on any atom is -0.598 e. The third-order valence-electron chi connectivity index (χ3n) is 3.27. The van der Waals surface area contributed by atoms with Crippen molar-refractivity contribution in [3.8, 4) is 0 Å². The molecular formula is C15H23F2NO2S. The lowest BCUT2D eigenvalue weighted by Crippen LogP contribution is -2.40. The lowest BCUT2D eigenvalue weighted by molar-refractivity contribution is -0.0561. The molecule has 1 aromatic carbocycles. The Labute approximate surface area is 128 Å². The number of halogens is 2. The molecule has 0 bridgehead atoms. The fraction of sp³-hybridized carbons (Fsp3) is 0.600. The van der Waals surface area contributed by atoms with E-state index in [2.05, 4.69) is 4.72 Å². The molecule has 6 heteroatoms. The number of nitrogens with one attached hydrogen (secondary N) is 1. The maximum absolute atomic E-state index is 13.7. The largest absolute Gasteiger partial charge is 0.598 e. The van der Waals surface area contributed by atoms with Crippen molar-refractivity contribution < 1.29 is 18.4 Å². The molecule has 2 atom stereocenters. The zero-order valence-corrected chi connectivity index (χ0v) is 13.9. The Morgan fingerprint density at radius 3 is 2.38 bits per heavy atom.